The lowest BCUT2D eigenvalue weighted by Crippen LogP contribution is -2.33. The van der Waals surface area contributed by atoms with Crippen LogP contribution < -0.4 is 15.8 Å². The standard InChI is InChI=1S/C17H22N4O2/c1-12-13(2)19-20-17(23)15(12)16(22)18-10-7-11-21(3)14-8-5-4-6-9-14/h4-6,8-9H,7,10-11H2,1-3H3,(H,18,22)(H,20,23). The van der Waals surface area contributed by atoms with Crippen LogP contribution in [0.4, 0.5) is 5.69 Å². The van der Waals surface area contributed by atoms with Crippen LogP contribution in [0.2, 0.25) is 0 Å². The quantitative estimate of drug-likeness (QED) is 0.795. The molecule has 0 aliphatic carbocycles. The Bertz CT molecular complexity index is 725. The van der Waals surface area contributed by atoms with Gasteiger partial charge in [-0.3, -0.25) is 9.59 Å². The van der Waals surface area contributed by atoms with Crippen molar-refractivity contribution in [3.05, 3.63) is 57.5 Å². The zero-order valence-corrected chi connectivity index (χ0v) is 13.7. The molecule has 6 nitrogen and oxygen atoms in total. The molecule has 0 atom stereocenters. The number of para-hydroxylation sites is 1. The number of amides is 1. The van der Waals surface area contributed by atoms with Crippen LogP contribution >= 0.6 is 0 Å². The minimum absolute atomic E-state index is 0.147. The molecule has 122 valence electrons. The maximum absolute atomic E-state index is 12.2. The van der Waals surface area contributed by atoms with Crippen LogP contribution in [-0.2, 0) is 0 Å². The van der Waals surface area contributed by atoms with E-state index in [0.29, 0.717) is 17.8 Å². The van der Waals surface area contributed by atoms with E-state index in [1.54, 1.807) is 13.8 Å². The second kappa shape index (κ2) is 7.58. The molecule has 1 aromatic carbocycles. The summed E-state index contributed by atoms with van der Waals surface area (Å²) in [6.07, 6.45) is 0.790. The largest absolute Gasteiger partial charge is 0.375 e. The Hall–Kier alpha value is -2.63. The van der Waals surface area contributed by atoms with Crippen molar-refractivity contribution in [1.82, 2.24) is 15.5 Å². The minimum Gasteiger partial charge on any atom is -0.375 e. The third-order valence-electron chi connectivity index (χ3n) is 3.85. The maximum Gasteiger partial charge on any atom is 0.277 e. The highest BCUT2D eigenvalue weighted by Gasteiger charge is 2.15. The van der Waals surface area contributed by atoms with Crippen molar-refractivity contribution >= 4 is 11.6 Å². The van der Waals surface area contributed by atoms with Crippen LogP contribution in [0.5, 0.6) is 0 Å². The fourth-order valence-electron chi connectivity index (χ4n) is 2.32. The first kappa shape index (κ1) is 16.7. The van der Waals surface area contributed by atoms with E-state index in [2.05, 4.69) is 20.4 Å². The number of anilines is 1. The summed E-state index contributed by atoms with van der Waals surface area (Å²) >= 11 is 0. The van der Waals surface area contributed by atoms with E-state index in [4.69, 9.17) is 0 Å². The molecule has 6 heteroatoms. The van der Waals surface area contributed by atoms with Crippen molar-refractivity contribution in [1.29, 1.82) is 0 Å². The van der Waals surface area contributed by atoms with Crippen molar-refractivity contribution in [2.24, 2.45) is 0 Å². The lowest BCUT2D eigenvalue weighted by Gasteiger charge is -2.19. The van der Waals surface area contributed by atoms with Crippen LogP contribution in [0.25, 0.3) is 0 Å². The molecular formula is C17H22N4O2. The van der Waals surface area contributed by atoms with Crippen LogP contribution in [0.1, 0.15) is 28.0 Å². The highest BCUT2D eigenvalue weighted by Crippen LogP contribution is 2.10. The van der Waals surface area contributed by atoms with E-state index >= 15 is 0 Å². The van der Waals surface area contributed by atoms with Gasteiger partial charge in [-0.05, 0) is 38.0 Å². The van der Waals surface area contributed by atoms with Crippen molar-refractivity contribution < 1.29 is 4.79 Å². The van der Waals surface area contributed by atoms with Gasteiger partial charge in [0.05, 0.1) is 5.69 Å². The molecule has 0 aliphatic rings. The fourth-order valence-corrected chi connectivity index (χ4v) is 2.32. The first-order chi connectivity index (χ1) is 11.0. The number of rotatable bonds is 6. The van der Waals surface area contributed by atoms with Gasteiger partial charge in [-0.15, -0.1) is 0 Å². The van der Waals surface area contributed by atoms with E-state index in [1.807, 2.05) is 37.4 Å². The zero-order chi connectivity index (χ0) is 16.8. The molecule has 0 fully saturated rings. The molecule has 0 saturated heterocycles. The highest BCUT2D eigenvalue weighted by molar-refractivity contribution is 5.95. The molecule has 0 aliphatic heterocycles. The second-order valence-corrected chi connectivity index (χ2v) is 5.50. The Morgan fingerprint density at radius 1 is 1.26 bits per heavy atom. The predicted molar refractivity (Wildman–Crippen MR) is 91.0 cm³/mol. The van der Waals surface area contributed by atoms with Gasteiger partial charge >= 0.3 is 0 Å². The summed E-state index contributed by atoms with van der Waals surface area (Å²) in [5.41, 5.74) is 2.10. The Balaban J connectivity index is 1.86. The van der Waals surface area contributed by atoms with Gasteiger partial charge in [-0.1, -0.05) is 18.2 Å². The molecule has 2 N–H and O–H groups in total. The number of aromatic nitrogens is 2. The number of aromatic amines is 1. The number of aryl methyl sites for hydroxylation is 1. The van der Waals surface area contributed by atoms with E-state index in [0.717, 1.165) is 18.7 Å². The van der Waals surface area contributed by atoms with Crippen molar-refractivity contribution in [2.45, 2.75) is 20.3 Å². The molecule has 0 unspecified atom stereocenters. The number of H-pyrrole nitrogens is 1. The summed E-state index contributed by atoms with van der Waals surface area (Å²) in [4.78, 5) is 26.1. The highest BCUT2D eigenvalue weighted by atomic mass is 16.2. The van der Waals surface area contributed by atoms with Gasteiger partial charge in [-0.25, -0.2) is 5.10 Å². The molecule has 0 radical (unpaired) electrons. The Labute approximate surface area is 135 Å². The Morgan fingerprint density at radius 2 is 1.96 bits per heavy atom. The first-order valence-electron chi connectivity index (χ1n) is 7.61. The maximum atomic E-state index is 12.2. The minimum atomic E-state index is -0.452. The van der Waals surface area contributed by atoms with Crippen LogP contribution in [0.3, 0.4) is 0 Å². The number of carbonyl (C=O) groups is 1. The molecule has 2 aromatic rings. The monoisotopic (exact) mass is 314 g/mol. The number of hydrogen-bond acceptors (Lipinski definition) is 4. The van der Waals surface area contributed by atoms with Crippen molar-refractivity contribution in [3.8, 4) is 0 Å². The predicted octanol–water partition coefficient (Wildman–Crippen LogP) is 1.64. The smallest absolute Gasteiger partial charge is 0.277 e. The number of hydrogen-bond donors (Lipinski definition) is 2. The average Bonchev–Trinajstić information content (AvgIpc) is 2.56. The number of nitrogens with one attached hydrogen (secondary N) is 2. The van der Waals surface area contributed by atoms with E-state index in [-0.39, 0.29) is 11.5 Å². The second-order valence-electron chi connectivity index (χ2n) is 5.50. The number of carbonyl (C=O) groups excluding carboxylic acids is 1. The van der Waals surface area contributed by atoms with Gasteiger partial charge in [0.2, 0.25) is 0 Å². The summed E-state index contributed by atoms with van der Waals surface area (Å²) in [6, 6.07) is 10.1. The molecule has 2 rings (SSSR count). The van der Waals surface area contributed by atoms with Gasteiger partial charge in [0, 0.05) is 25.8 Å². The summed E-state index contributed by atoms with van der Waals surface area (Å²) in [5, 5.41) is 9.00. The topological polar surface area (TPSA) is 78.1 Å². The first-order valence-corrected chi connectivity index (χ1v) is 7.61. The molecule has 1 amide bonds. The normalized spacial score (nSPS) is 10.4. The van der Waals surface area contributed by atoms with E-state index in [9.17, 15) is 9.59 Å². The van der Waals surface area contributed by atoms with E-state index in [1.165, 1.54) is 0 Å². The lowest BCUT2D eigenvalue weighted by atomic mass is 10.1. The number of benzene rings is 1. The third-order valence-corrected chi connectivity index (χ3v) is 3.85. The third kappa shape index (κ3) is 4.18. The van der Waals surface area contributed by atoms with Crippen molar-refractivity contribution in [2.75, 3.05) is 25.0 Å². The summed E-state index contributed by atoms with van der Waals surface area (Å²) < 4.78 is 0. The SMILES string of the molecule is Cc1n[nH]c(=O)c(C(=O)NCCCN(C)c2ccccc2)c1C. The van der Waals surface area contributed by atoms with Gasteiger partial charge in [0.25, 0.3) is 11.5 Å². The molecule has 1 heterocycles. The van der Waals surface area contributed by atoms with Crippen LogP contribution in [-0.4, -0.2) is 36.2 Å². The molecule has 0 saturated carbocycles. The lowest BCUT2D eigenvalue weighted by molar-refractivity contribution is 0.0951. The van der Waals surface area contributed by atoms with Gasteiger partial charge in [0.1, 0.15) is 5.56 Å². The fraction of sp³-hybridized carbons (Fsp3) is 0.353. The Kier molecular flexibility index (Phi) is 5.51. The average molecular weight is 314 g/mol. The summed E-state index contributed by atoms with van der Waals surface area (Å²) in [7, 11) is 2.01. The van der Waals surface area contributed by atoms with Gasteiger partial charge < -0.3 is 10.2 Å². The zero-order valence-electron chi connectivity index (χ0n) is 13.7. The van der Waals surface area contributed by atoms with Gasteiger partial charge in [-0.2, -0.15) is 5.10 Å². The van der Waals surface area contributed by atoms with Crippen LogP contribution in [0.15, 0.2) is 35.1 Å². The molecule has 0 bridgehead atoms. The molecule has 1 aromatic heterocycles. The summed E-state index contributed by atoms with van der Waals surface area (Å²) in [6.45, 7) is 4.82. The molecular weight excluding hydrogens is 292 g/mol. The molecule has 23 heavy (non-hydrogen) atoms. The summed E-state index contributed by atoms with van der Waals surface area (Å²) in [5.74, 6) is -0.350. The Morgan fingerprint density at radius 3 is 2.65 bits per heavy atom. The van der Waals surface area contributed by atoms with Gasteiger partial charge in [0.15, 0.2) is 0 Å². The van der Waals surface area contributed by atoms with E-state index < -0.39 is 5.56 Å². The number of nitrogens with zero attached hydrogens (tertiary/aromatic N) is 2. The molecule has 0 spiro atoms. The van der Waals surface area contributed by atoms with Crippen LogP contribution in [0, 0.1) is 13.8 Å². The van der Waals surface area contributed by atoms with Crippen molar-refractivity contribution in [3.63, 3.8) is 0 Å².